The van der Waals surface area contributed by atoms with Crippen LogP contribution in [0.3, 0.4) is 0 Å². The number of nitrogens with zero attached hydrogens (tertiary/aromatic N) is 2. The van der Waals surface area contributed by atoms with Gasteiger partial charge in [-0.1, -0.05) is 140 Å². The van der Waals surface area contributed by atoms with Crippen molar-refractivity contribution in [3.05, 3.63) is 170 Å². The quantitative estimate of drug-likeness (QED) is 0.183. The molecule has 0 fully saturated rings. The van der Waals surface area contributed by atoms with Crippen molar-refractivity contribution < 1.29 is 4.42 Å². The van der Waals surface area contributed by atoms with E-state index in [-0.39, 0.29) is 0 Å². The van der Waals surface area contributed by atoms with Gasteiger partial charge in [0.15, 0.2) is 0 Å². The largest absolute Gasteiger partial charge is 0.455 e. The summed E-state index contributed by atoms with van der Waals surface area (Å²) in [7, 11) is 0. The van der Waals surface area contributed by atoms with Gasteiger partial charge in [-0.2, -0.15) is 0 Å². The van der Waals surface area contributed by atoms with Gasteiger partial charge in [-0.25, -0.2) is 0 Å². The predicted molar refractivity (Wildman–Crippen MR) is 204 cm³/mol. The van der Waals surface area contributed by atoms with Crippen LogP contribution in [0.15, 0.2) is 175 Å². The summed E-state index contributed by atoms with van der Waals surface area (Å²) in [6.45, 7) is 0. The molecule has 49 heavy (non-hydrogen) atoms. The molecule has 0 aliphatic rings. The first-order chi connectivity index (χ1) is 24.3. The van der Waals surface area contributed by atoms with Gasteiger partial charge in [0.2, 0.25) is 0 Å². The van der Waals surface area contributed by atoms with E-state index >= 15 is 0 Å². The van der Waals surface area contributed by atoms with Gasteiger partial charge < -0.3 is 4.42 Å². The summed E-state index contributed by atoms with van der Waals surface area (Å²) in [4.78, 5) is 9.39. The maximum atomic E-state index is 6.29. The van der Waals surface area contributed by atoms with Crippen LogP contribution in [0.25, 0.3) is 99.0 Å². The first kappa shape index (κ1) is 27.5. The van der Waals surface area contributed by atoms with E-state index in [4.69, 9.17) is 9.40 Å². The van der Waals surface area contributed by atoms with Gasteiger partial charge in [0.05, 0.1) is 11.0 Å². The van der Waals surface area contributed by atoms with Crippen LogP contribution in [0.5, 0.6) is 0 Å². The second-order valence-electron chi connectivity index (χ2n) is 12.6. The molecule has 0 atom stereocenters. The average molecular weight is 625 g/mol. The zero-order chi connectivity index (χ0) is 32.3. The predicted octanol–water partition coefficient (Wildman–Crippen LogP) is 12.5. The van der Waals surface area contributed by atoms with E-state index < -0.39 is 0 Å². The molecule has 0 unspecified atom stereocenters. The second kappa shape index (κ2) is 11.0. The van der Waals surface area contributed by atoms with Crippen molar-refractivity contribution in [1.29, 1.82) is 0 Å². The summed E-state index contributed by atoms with van der Waals surface area (Å²) in [6, 6.07) is 56.2. The fourth-order valence-corrected chi connectivity index (χ4v) is 7.36. The molecule has 0 radical (unpaired) electrons. The lowest BCUT2D eigenvalue weighted by Gasteiger charge is -2.12. The fraction of sp³-hybridized carbons (Fsp3) is 0. The summed E-state index contributed by atoms with van der Waals surface area (Å²) >= 11 is 0. The number of hydrogen-bond acceptors (Lipinski definition) is 3. The SMILES string of the molecule is c1cc(-c2ccc(-c3ccc(-c4cccc5c4oc4ccccc45)cc3)cc2)cc(-c2ccc3c(c2)c2ccccc2c2nccnc32)c1. The molecular formula is C46H28N2O. The minimum atomic E-state index is 0.919. The molecule has 3 heteroatoms. The Labute approximate surface area is 282 Å². The van der Waals surface area contributed by atoms with Crippen LogP contribution >= 0.6 is 0 Å². The van der Waals surface area contributed by atoms with Gasteiger partial charge in [-0.3, -0.25) is 9.97 Å². The normalized spacial score (nSPS) is 11.7. The summed E-state index contributed by atoms with van der Waals surface area (Å²) in [5, 5.41) is 6.93. The standard InChI is InChI=1S/C46H28N2O/c1-2-11-39-37(9-1)42-28-35(23-24-40(42)45-44(39)47-25-26-48-45)34-8-5-7-33(27-34)31-17-15-29(16-18-31)30-19-21-32(22-20-30)36-12-6-13-41-38-10-3-4-14-43(38)49-46(36)41/h1-28H. The fourth-order valence-electron chi connectivity index (χ4n) is 7.36. The highest BCUT2D eigenvalue weighted by atomic mass is 16.3. The van der Waals surface area contributed by atoms with Crippen molar-refractivity contribution >= 4 is 54.5 Å². The van der Waals surface area contributed by atoms with Crippen LogP contribution in [0.1, 0.15) is 0 Å². The zero-order valence-electron chi connectivity index (χ0n) is 26.5. The first-order valence-electron chi connectivity index (χ1n) is 16.6. The van der Waals surface area contributed by atoms with Gasteiger partial charge in [-0.15, -0.1) is 0 Å². The Morgan fingerprint density at radius 3 is 1.57 bits per heavy atom. The number of rotatable bonds is 4. The molecule has 0 aliphatic carbocycles. The Balaban J connectivity index is 0.963. The summed E-state index contributed by atoms with van der Waals surface area (Å²) in [5.41, 5.74) is 13.1. The van der Waals surface area contributed by atoms with Gasteiger partial charge in [-0.05, 0) is 67.9 Å². The van der Waals surface area contributed by atoms with E-state index in [9.17, 15) is 0 Å². The van der Waals surface area contributed by atoms with Crippen molar-refractivity contribution in [3.63, 3.8) is 0 Å². The first-order valence-corrected chi connectivity index (χ1v) is 16.6. The van der Waals surface area contributed by atoms with Crippen LogP contribution in [-0.4, -0.2) is 9.97 Å². The Kier molecular flexibility index (Phi) is 6.18. The number of hydrogen-bond donors (Lipinski definition) is 0. The maximum absolute atomic E-state index is 6.29. The van der Waals surface area contributed by atoms with Crippen molar-refractivity contribution in [2.24, 2.45) is 0 Å². The number of fused-ring (bicyclic) bond motifs is 9. The lowest BCUT2D eigenvalue weighted by molar-refractivity contribution is 0.670. The van der Waals surface area contributed by atoms with Crippen LogP contribution in [-0.2, 0) is 0 Å². The van der Waals surface area contributed by atoms with Gasteiger partial charge in [0, 0.05) is 39.5 Å². The van der Waals surface area contributed by atoms with E-state index in [1.165, 1.54) is 44.2 Å². The van der Waals surface area contributed by atoms with Crippen LogP contribution in [0.4, 0.5) is 0 Å². The Morgan fingerprint density at radius 1 is 0.327 bits per heavy atom. The third-order valence-electron chi connectivity index (χ3n) is 9.79. The molecule has 2 aromatic heterocycles. The second-order valence-corrected chi connectivity index (χ2v) is 12.6. The highest BCUT2D eigenvalue weighted by molar-refractivity contribution is 6.23. The molecule has 2 heterocycles. The Hall–Kier alpha value is -6.58. The summed E-state index contributed by atoms with van der Waals surface area (Å²) in [5.74, 6) is 0. The average Bonchev–Trinajstić information content (AvgIpc) is 3.57. The molecule has 0 saturated heterocycles. The number of para-hydroxylation sites is 2. The van der Waals surface area contributed by atoms with Gasteiger partial charge in [0.25, 0.3) is 0 Å². The number of furan rings is 1. The van der Waals surface area contributed by atoms with Crippen LogP contribution in [0.2, 0.25) is 0 Å². The zero-order valence-corrected chi connectivity index (χ0v) is 26.5. The highest BCUT2D eigenvalue weighted by Gasteiger charge is 2.13. The molecule has 0 aliphatic heterocycles. The highest BCUT2D eigenvalue weighted by Crippen LogP contribution is 2.38. The monoisotopic (exact) mass is 624 g/mol. The minimum Gasteiger partial charge on any atom is -0.455 e. The van der Waals surface area contributed by atoms with E-state index in [1.54, 1.807) is 12.4 Å². The van der Waals surface area contributed by atoms with Crippen molar-refractivity contribution in [3.8, 4) is 44.5 Å². The third kappa shape index (κ3) is 4.51. The summed E-state index contributed by atoms with van der Waals surface area (Å²) in [6.07, 6.45) is 3.55. The van der Waals surface area contributed by atoms with E-state index in [0.717, 1.165) is 54.9 Å². The van der Waals surface area contributed by atoms with Gasteiger partial charge >= 0.3 is 0 Å². The molecule has 0 N–H and O–H groups in total. The molecule has 10 aromatic rings. The maximum Gasteiger partial charge on any atom is 0.143 e. The minimum absolute atomic E-state index is 0.919. The lowest BCUT2D eigenvalue weighted by Crippen LogP contribution is -1.89. The van der Waals surface area contributed by atoms with Crippen molar-refractivity contribution in [1.82, 2.24) is 9.97 Å². The summed E-state index contributed by atoms with van der Waals surface area (Å²) < 4.78 is 6.29. The number of aromatic nitrogens is 2. The lowest BCUT2D eigenvalue weighted by atomic mass is 9.93. The molecule has 10 rings (SSSR count). The molecule has 8 aromatic carbocycles. The third-order valence-corrected chi connectivity index (χ3v) is 9.79. The molecular weight excluding hydrogens is 597 g/mol. The van der Waals surface area contributed by atoms with E-state index in [0.29, 0.717) is 0 Å². The molecule has 0 spiro atoms. The molecule has 0 saturated carbocycles. The molecule has 0 amide bonds. The van der Waals surface area contributed by atoms with E-state index in [1.807, 2.05) is 12.1 Å². The van der Waals surface area contributed by atoms with Crippen molar-refractivity contribution in [2.75, 3.05) is 0 Å². The molecule has 0 bridgehead atoms. The van der Waals surface area contributed by atoms with Gasteiger partial charge in [0.1, 0.15) is 11.2 Å². The van der Waals surface area contributed by atoms with Crippen molar-refractivity contribution in [2.45, 2.75) is 0 Å². The Morgan fingerprint density at radius 2 is 0.837 bits per heavy atom. The topological polar surface area (TPSA) is 38.9 Å². The van der Waals surface area contributed by atoms with Crippen LogP contribution < -0.4 is 0 Å². The smallest absolute Gasteiger partial charge is 0.143 e. The Bertz CT molecular complexity index is 2830. The number of benzene rings is 8. The molecule has 228 valence electrons. The van der Waals surface area contributed by atoms with E-state index in [2.05, 4.69) is 151 Å². The van der Waals surface area contributed by atoms with Crippen LogP contribution in [0, 0.1) is 0 Å². The molecule has 3 nitrogen and oxygen atoms in total.